The summed E-state index contributed by atoms with van der Waals surface area (Å²) in [6.45, 7) is 3.98. The van der Waals surface area contributed by atoms with Crippen LogP contribution in [0.1, 0.15) is 28.0 Å². The van der Waals surface area contributed by atoms with E-state index in [4.69, 9.17) is 4.74 Å². The lowest BCUT2D eigenvalue weighted by molar-refractivity contribution is 0.0720. The molecule has 2 rings (SSSR count). The van der Waals surface area contributed by atoms with Gasteiger partial charge in [-0.25, -0.2) is 0 Å². The molecule has 0 atom stereocenters. The molecular formula is C18H24N2O2. The Labute approximate surface area is 132 Å². The first kappa shape index (κ1) is 16.3. The van der Waals surface area contributed by atoms with Gasteiger partial charge in [0.15, 0.2) is 0 Å². The fourth-order valence-electron chi connectivity index (χ4n) is 2.39. The average molecular weight is 300 g/mol. The average Bonchev–Trinajstić information content (AvgIpc) is 2.92. The molecule has 0 N–H and O–H groups in total. The third-order valence-corrected chi connectivity index (χ3v) is 3.77. The first-order valence-corrected chi connectivity index (χ1v) is 7.57. The van der Waals surface area contributed by atoms with Crippen molar-refractivity contribution in [1.82, 2.24) is 9.47 Å². The summed E-state index contributed by atoms with van der Waals surface area (Å²) in [5.74, 6) is 0.0669. The summed E-state index contributed by atoms with van der Waals surface area (Å²) in [7, 11) is 3.68. The number of amides is 1. The van der Waals surface area contributed by atoms with E-state index in [-0.39, 0.29) is 5.91 Å². The van der Waals surface area contributed by atoms with Gasteiger partial charge in [0, 0.05) is 44.8 Å². The Balaban J connectivity index is 2.13. The maximum Gasteiger partial charge on any atom is 0.254 e. The van der Waals surface area contributed by atoms with Gasteiger partial charge >= 0.3 is 0 Å². The van der Waals surface area contributed by atoms with E-state index in [1.165, 1.54) is 0 Å². The van der Waals surface area contributed by atoms with E-state index < -0.39 is 0 Å². The molecule has 0 saturated carbocycles. The van der Waals surface area contributed by atoms with Crippen LogP contribution >= 0.6 is 0 Å². The van der Waals surface area contributed by atoms with Gasteiger partial charge in [-0.05, 0) is 37.6 Å². The summed E-state index contributed by atoms with van der Waals surface area (Å²) >= 11 is 0. The molecule has 0 radical (unpaired) electrons. The van der Waals surface area contributed by atoms with Crippen LogP contribution in [0.15, 0.2) is 42.6 Å². The number of ether oxygens (including phenoxy) is 1. The topological polar surface area (TPSA) is 34.5 Å². The number of aryl methyl sites for hydroxylation is 2. The second kappa shape index (κ2) is 7.80. The SMILES string of the molecule is COCCCN(Cc1cccn1C)C(=O)c1ccc(C)cc1. The second-order valence-corrected chi connectivity index (χ2v) is 5.55. The minimum atomic E-state index is 0.0669. The summed E-state index contributed by atoms with van der Waals surface area (Å²) in [5.41, 5.74) is 3.01. The van der Waals surface area contributed by atoms with Crippen molar-refractivity contribution in [2.24, 2.45) is 7.05 Å². The van der Waals surface area contributed by atoms with E-state index in [0.29, 0.717) is 19.7 Å². The van der Waals surface area contributed by atoms with Gasteiger partial charge in [-0.2, -0.15) is 0 Å². The van der Waals surface area contributed by atoms with Gasteiger partial charge in [-0.3, -0.25) is 4.79 Å². The molecule has 22 heavy (non-hydrogen) atoms. The second-order valence-electron chi connectivity index (χ2n) is 5.55. The lowest BCUT2D eigenvalue weighted by Gasteiger charge is -2.23. The zero-order valence-corrected chi connectivity index (χ0v) is 13.6. The molecule has 1 heterocycles. The van der Waals surface area contributed by atoms with E-state index in [9.17, 15) is 4.79 Å². The number of nitrogens with zero attached hydrogens (tertiary/aromatic N) is 2. The van der Waals surface area contributed by atoms with Crippen molar-refractivity contribution in [3.63, 3.8) is 0 Å². The molecule has 4 nitrogen and oxygen atoms in total. The van der Waals surface area contributed by atoms with Crippen LogP contribution in [0.25, 0.3) is 0 Å². The smallest absolute Gasteiger partial charge is 0.254 e. The summed E-state index contributed by atoms with van der Waals surface area (Å²) in [6.07, 6.45) is 2.83. The first-order chi connectivity index (χ1) is 10.6. The van der Waals surface area contributed by atoms with Gasteiger partial charge in [0.1, 0.15) is 0 Å². The fourth-order valence-corrected chi connectivity index (χ4v) is 2.39. The molecule has 0 unspecified atom stereocenters. The van der Waals surface area contributed by atoms with E-state index in [0.717, 1.165) is 23.2 Å². The number of aromatic nitrogens is 1. The van der Waals surface area contributed by atoms with E-state index in [1.807, 2.05) is 66.0 Å². The van der Waals surface area contributed by atoms with Gasteiger partial charge in [-0.15, -0.1) is 0 Å². The predicted molar refractivity (Wildman–Crippen MR) is 87.8 cm³/mol. The molecular weight excluding hydrogens is 276 g/mol. The maximum atomic E-state index is 12.8. The highest BCUT2D eigenvalue weighted by molar-refractivity contribution is 5.94. The highest BCUT2D eigenvalue weighted by Gasteiger charge is 2.16. The van der Waals surface area contributed by atoms with Crippen molar-refractivity contribution in [2.45, 2.75) is 19.9 Å². The number of carbonyl (C=O) groups excluding carboxylic acids is 1. The summed E-state index contributed by atoms with van der Waals surface area (Å²) in [4.78, 5) is 14.7. The highest BCUT2D eigenvalue weighted by atomic mass is 16.5. The molecule has 1 amide bonds. The number of benzene rings is 1. The van der Waals surface area contributed by atoms with Crippen molar-refractivity contribution < 1.29 is 9.53 Å². The monoisotopic (exact) mass is 300 g/mol. The molecule has 0 aliphatic rings. The molecule has 118 valence electrons. The van der Waals surface area contributed by atoms with Crippen molar-refractivity contribution >= 4 is 5.91 Å². The van der Waals surface area contributed by atoms with Gasteiger partial charge < -0.3 is 14.2 Å². The standard InChI is InChI=1S/C18H24N2O2/c1-15-7-9-16(10-8-15)18(21)20(12-5-13-22-3)14-17-6-4-11-19(17)2/h4,6-11H,5,12-14H2,1-3H3. The zero-order valence-electron chi connectivity index (χ0n) is 13.6. The van der Waals surface area contributed by atoms with E-state index in [1.54, 1.807) is 7.11 Å². The normalized spacial score (nSPS) is 10.7. The molecule has 0 spiro atoms. The van der Waals surface area contributed by atoms with Crippen molar-refractivity contribution in [3.8, 4) is 0 Å². The Hall–Kier alpha value is -2.07. The molecule has 0 aliphatic carbocycles. The van der Waals surface area contributed by atoms with Gasteiger partial charge in [0.05, 0.1) is 6.54 Å². The molecule has 1 aromatic carbocycles. The largest absolute Gasteiger partial charge is 0.385 e. The first-order valence-electron chi connectivity index (χ1n) is 7.57. The van der Waals surface area contributed by atoms with Gasteiger partial charge in [0.2, 0.25) is 0 Å². The Morgan fingerprint density at radius 3 is 2.55 bits per heavy atom. The van der Waals surface area contributed by atoms with Crippen LogP contribution in [-0.2, 0) is 18.3 Å². The zero-order chi connectivity index (χ0) is 15.9. The van der Waals surface area contributed by atoms with Crippen molar-refractivity contribution in [3.05, 3.63) is 59.4 Å². The van der Waals surface area contributed by atoms with Gasteiger partial charge in [0.25, 0.3) is 5.91 Å². The number of hydrogen-bond donors (Lipinski definition) is 0. The highest BCUT2D eigenvalue weighted by Crippen LogP contribution is 2.12. The van der Waals surface area contributed by atoms with Crippen molar-refractivity contribution in [2.75, 3.05) is 20.3 Å². The lowest BCUT2D eigenvalue weighted by atomic mass is 10.1. The number of rotatable bonds is 7. The van der Waals surface area contributed by atoms with Crippen LogP contribution in [0.5, 0.6) is 0 Å². The molecule has 0 fully saturated rings. The fraction of sp³-hybridized carbons (Fsp3) is 0.389. The third-order valence-electron chi connectivity index (χ3n) is 3.77. The van der Waals surface area contributed by atoms with Crippen LogP contribution in [0.3, 0.4) is 0 Å². The van der Waals surface area contributed by atoms with E-state index >= 15 is 0 Å². The van der Waals surface area contributed by atoms with Crippen LogP contribution in [0, 0.1) is 6.92 Å². The molecule has 0 aliphatic heterocycles. The molecule has 0 saturated heterocycles. The summed E-state index contributed by atoms with van der Waals surface area (Å²) in [5, 5.41) is 0. The number of methoxy groups -OCH3 is 1. The number of hydrogen-bond acceptors (Lipinski definition) is 2. The molecule has 2 aromatic rings. The van der Waals surface area contributed by atoms with Crippen LogP contribution in [-0.4, -0.2) is 35.6 Å². The van der Waals surface area contributed by atoms with Crippen LogP contribution in [0.2, 0.25) is 0 Å². The predicted octanol–water partition coefficient (Wildman–Crippen LogP) is 3.01. The van der Waals surface area contributed by atoms with Crippen LogP contribution < -0.4 is 0 Å². The molecule has 4 heteroatoms. The Bertz CT molecular complexity index is 602. The van der Waals surface area contributed by atoms with Crippen molar-refractivity contribution in [1.29, 1.82) is 0 Å². The van der Waals surface area contributed by atoms with E-state index in [2.05, 4.69) is 0 Å². The summed E-state index contributed by atoms with van der Waals surface area (Å²) < 4.78 is 7.16. The third kappa shape index (κ3) is 4.21. The number of carbonyl (C=O) groups is 1. The minimum Gasteiger partial charge on any atom is -0.385 e. The minimum absolute atomic E-state index is 0.0669. The van der Waals surface area contributed by atoms with Gasteiger partial charge in [-0.1, -0.05) is 17.7 Å². The Kier molecular flexibility index (Phi) is 5.78. The molecule has 1 aromatic heterocycles. The Morgan fingerprint density at radius 1 is 1.23 bits per heavy atom. The Morgan fingerprint density at radius 2 is 1.95 bits per heavy atom. The summed E-state index contributed by atoms with van der Waals surface area (Å²) in [6, 6.07) is 11.8. The quantitative estimate of drug-likeness (QED) is 0.737. The lowest BCUT2D eigenvalue weighted by Crippen LogP contribution is -2.32. The maximum absolute atomic E-state index is 12.8. The van der Waals surface area contributed by atoms with Crippen LogP contribution in [0.4, 0.5) is 0 Å². The molecule has 0 bridgehead atoms.